The van der Waals surface area contributed by atoms with Crippen LogP contribution in [0.25, 0.3) is 0 Å². The summed E-state index contributed by atoms with van der Waals surface area (Å²) in [7, 11) is 0. The van der Waals surface area contributed by atoms with Gasteiger partial charge in [0.2, 0.25) is 5.88 Å². The lowest BCUT2D eigenvalue weighted by Gasteiger charge is -2.36. The second-order valence-electron chi connectivity index (χ2n) is 4.94. The Morgan fingerprint density at radius 1 is 1.53 bits per heavy atom. The van der Waals surface area contributed by atoms with Gasteiger partial charge in [-0.25, -0.2) is 9.97 Å². The molecule has 5 heteroatoms. The zero-order chi connectivity index (χ0) is 12.3. The van der Waals surface area contributed by atoms with Gasteiger partial charge < -0.3 is 14.8 Å². The minimum absolute atomic E-state index is 0.0639. The fourth-order valence-corrected chi connectivity index (χ4v) is 1.85. The van der Waals surface area contributed by atoms with Crippen LogP contribution in [-0.2, 0) is 4.74 Å². The molecule has 17 heavy (non-hydrogen) atoms. The molecule has 1 aliphatic heterocycles. The smallest absolute Gasteiger partial charge is 0.216 e. The molecule has 1 fully saturated rings. The van der Waals surface area contributed by atoms with Crippen LogP contribution in [0.2, 0.25) is 0 Å². The van der Waals surface area contributed by atoms with E-state index in [2.05, 4.69) is 29.1 Å². The van der Waals surface area contributed by atoms with E-state index in [-0.39, 0.29) is 11.7 Å². The molecule has 0 radical (unpaired) electrons. The van der Waals surface area contributed by atoms with Crippen LogP contribution in [0.1, 0.15) is 19.5 Å². The quantitative estimate of drug-likeness (QED) is 0.847. The van der Waals surface area contributed by atoms with Crippen LogP contribution in [0.4, 0.5) is 0 Å². The Hall–Kier alpha value is -1.20. The van der Waals surface area contributed by atoms with Crippen molar-refractivity contribution in [3.8, 4) is 5.88 Å². The van der Waals surface area contributed by atoms with Gasteiger partial charge >= 0.3 is 0 Å². The summed E-state index contributed by atoms with van der Waals surface area (Å²) in [4.78, 5) is 8.07. The molecule has 2 rings (SSSR count). The van der Waals surface area contributed by atoms with E-state index in [1.54, 1.807) is 0 Å². The highest BCUT2D eigenvalue weighted by Crippen LogP contribution is 2.16. The standard InChI is InChI=1S/C12H19N3O2/c1-9-4-11(15-8-14-9)16-6-10-5-13-7-12(2,3)17-10/h4,8,10,13H,5-7H2,1-3H3. The molecule has 0 aliphatic carbocycles. The number of nitrogens with zero attached hydrogens (tertiary/aromatic N) is 2. The predicted molar refractivity (Wildman–Crippen MR) is 64.1 cm³/mol. The second-order valence-corrected chi connectivity index (χ2v) is 4.94. The lowest BCUT2D eigenvalue weighted by molar-refractivity contribution is -0.107. The van der Waals surface area contributed by atoms with Gasteiger partial charge in [-0.3, -0.25) is 0 Å². The molecule has 0 aromatic carbocycles. The highest BCUT2D eigenvalue weighted by Gasteiger charge is 2.28. The molecule has 1 aromatic rings. The third-order valence-electron chi connectivity index (χ3n) is 2.60. The molecule has 2 heterocycles. The first-order valence-electron chi connectivity index (χ1n) is 5.85. The summed E-state index contributed by atoms with van der Waals surface area (Å²) in [6.45, 7) is 8.24. The fraction of sp³-hybridized carbons (Fsp3) is 0.667. The van der Waals surface area contributed by atoms with Crippen LogP contribution >= 0.6 is 0 Å². The Labute approximate surface area is 102 Å². The number of aromatic nitrogens is 2. The molecule has 0 spiro atoms. The summed E-state index contributed by atoms with van der Waals surface area (Å²) >= 11 is 0. The normalized spacial score (nSPS) is 23.4. The van der Waals surface area contributed by atoms with Gasteiger partial charge in [0.25, 0.3) is 0 Å². The third-order valence-corrected chi connectivity index (χ3v) is 2.60. The Balaban J connectivity index is 1.86. The second kappa shape index (κ2) is 4.98. The van der Waals surface area contributed by atoms with Gasteiger partial charge in [0.15, 0.2) is 0 Å². The van der Waals surface area contributed by atoms with Crippen molar-refractivity contribution in [3.05, 3.63) is 18.1 Å². The number of hydrogen-bond donors (Lipinski definition) is 1. The molecule has 0 amide bonds. The van der Waals surface area contributed by atoms with Crippen molar-refractivity contribution in [1.82, 2.24) is 15.3 Å². The summed E-state index contributed by atoms with van der Waals surface area (Å²) in [6.07, 6.45) is 1.57. The topological polar surface area (TPSA) is 56.3 Å². The van der Waals surface area contributed by atoms with Gasteiger partial charge in [0, 0.05) is 24.8 Å². The van der Waals surface area contributed by atoms with Crippen molar-refractivity contribution in [3.63, 3.8) is 0 Å². The van der Waals surface area contributed by atoms with Crippen molar-refractivity contribution in [2.45, 2.75) is 32.5 Å². The first-order valence-corrected chi connectivity index (χ1v) is 5.85. The predicted octanol–water partition coefficient (Wildman–Crippen LogP) is 0.931. The molecule has 1 saturated heterocycles. The SMILES string of the molecule is Cc1cc(OCC2CNCC(C)(C)O2)ncn1. The number of hydrogen-bond acceptors (Lipinski definition) is 5. The summed E-state index contributed by atoms with van der Waals surface area (Å²) in [5, 5.41) is 3.34. The van der Waals surface area contributed by atoms with Crippen molar-refractivity contribution in [1.29, 1.82) is 0 Å². The molecule has 1 N–H and O–H groups in total. The third kappa shape index (κ3) is 3.64. The van der Waals surface area contributed by atoms with Crippen LogP contribution in [0, 0.1) is 6.92 Å². The number of rotatable bonds is 3. The zero-order valence-electron chi connectivity index (χ0n) is 10.6. The van der Waals surface area contributed by atoms with Crippen molar-refractivity contribution < 1.29 is 9.47 Å². The van der Waals surface area contributed by atoms with Gasteiger partial charge in [0.05, 0.1) is 5.60 Å². The first-order chi connectivity index (χ1) is 8.05. The number of ether oxygens (including phenoxy) is 2. The molecule has 5 nitrogen and oxygen atoms in total. The monoisotopic (exact) mass is 237 g/mol. The average Bonchev–Trinajstić information content (AvgIpc) is 2.25. The lowest BCUT2D eigenvalue weighted by atomic mass is 10.1. The van der Waals surface area contributed by atoms with E-state index in [0.29, 0.717) is 12.5 Å². The van der Waals surface area contributed by atoms with Gasteiger partial charge in [0.1, 0.15) is 19.0 Å². The molecule has 1 aliphatic rings. The Kier molecular flexibility index (Phi) is 3.59. The maximum Gasteiger partial charge on any atom is 0.216 e. The van der Waals surface area contributed by atoms with Crippen LogP contribution < -0.4 is 10.1 Å². The lowest BCUT2D eigenvalue weighted by Crippen LogP contribution is -2.52. The summed E-state index contributed by atoms with van der Waals surface area (Å²) in [5.41, 5.74) is 0.770. The molecule has 1 unspecified atom stereocenters. The molecule has 1 atom stereocenters. The number of morpholine rings is 1. The fourth-order valence-electron chi connectivity index (χ4n) is 1.85. The van der Waals surface area contributed by atoms with Crippen molar-refractivity contribution >= 4 is 0 Å². The largest absolute Gasteiger partial charge is 0.475 e. The van der Waals surface area contributed by atoms with Gasteiger partial charge in [-0.05, 0) is 20.8 Å². The highest BCUT2D eigenvalue weighted by atomic mass is 16.6. The highest BCUT2D eigenvalue weighted by molar-refractivity contribution is 5.11. The summed E-state index contributed by atoms with van der Waals surface area (Å²) < 4.78 is 11.5. The molecule has 0 saturated carbocycles. The van der Waals surface area contributed by atoms with E-state index in [4.69, 9.17) is 9.47 Å². The van der Waals surface area contributed by atoms with Crippen molar-refractivity contribution in [2.75, 3.05) is 19.7 Å². The van der Waals surface area contributed by atoms with E-state index < -0.39 is 0 Å². The van der Waals surface area contributed by atoms with Crippen molar-refractivity contribution in [2.24, 2.45) is 0 Å². The average molecular weight is 237 g/mol. The molecule has 1 aromatic heterocycles. The van der Waals surface area contributed by atoms with E-state index in [1.165, 1.54) is 6.33 Å². The van der Waals surface area contributed by atoms with Crippen LogP contribution in [-0.4, -0.2) is 41.4 Å². The zero-order valence-corrected chi connectivity index (χ0v) is 10.6. The maximum absolute atomic E-state index is 5.89. The first kappa shape index (κ1) is 12.3. The Morgan fingerprint density at radius 2 is 2.35 bits per heavy atom. The van der Waals surface area contributed by atoms with E-state index in [9.17, 15) is 0 Å². The Bertz CT molecular complexity index is 382. The van der Waals surface area contributed by atoms with Gasteiger partial charge in [-0.15, -0.1) is 0 Å². The van der Waals surface area contributed by atoms with Crippen LogP contribution in [0.5, 0.6) is 5.88 Å². The van der Waals surface area contributed by atoms with Gasteiger partial charge in [-0.2, -0.15) is 0 Å². The molecular formula is C12H19N3O2. The molecule has 0 bridgehead atoms. The molecule has 94 valence electrons. The van der Waals surface area contributed by atoms with E-state index >= 15 is 0 Å². The van der Waals surface area contributed by atoms with Crippen LogP contribution in [0.15, 0.2) is 12.4 Å². The van der Waals surface area contributed by atoms with Crippen LogP contribution in [0.3, 0.4) is 0 Å². The van der Waals surface area contributed by atoms with E-state index in [0.717, 1.165) is 18.8 Å². The Morgan fingerprint density at radius 3 is 3.06 bits per heavy atom. The summed E-state index contributed by atoms with van der Waals surface area (Å²) in [5.74, 6) is 0.601. The molecular weight excluding hydrogens is 218 g/mol. The summed E-state index contributed by atoms with van der Waals surface area (Å²) in [6, 6.07) is 1.82. The minimum Gasteiger partial charge on any atom is -0.475 e. The van der Waals surface area contributed by atoms with E-state index in [1.807, 2.05) is 13.0 Å². The number of aryl methyl sites for hydroxylation is 1. The minimum atomic E-state index is -0.131. The van der Waals surface area contributed by atoms with Gasteiger partial charge in [-0.1, -0.05) is 0 Å². The number of nitrogens with one attached hydrogen (secondary N) is 1. The maximum atomic E-state index is 5.89.